The predicted molar refractivity (Wildman–Crippen MR) is 58.4 cm³/mol. The lowest BCUT2D eigenvalue weighted by atomic mass is 10.1. The first-order valence-corrected chi connectivity index (χ1v) is 5.74. The van der Waals surface area contributed by atoms with Gasteiger partial charge in [-0.25, -0.2) is 0 Å². The Balaban J connectivity index is 2.02. The Morgan fingerprint density at radius 3 is 2.73 bits per heavy atom. The van der Waals surface area contributed by atoms with Gasteiger partial charge in [-0.3, -0.25) is 4.79 Å². The Hall–Kier alpha value is -0.830. The van der Waals surface area contributed by atoms with Crippen molar-refractivity contribution in [2.75, 3.05) is 13.2 Å². The molecule has 3 nitrogen and oxygen atoms in total. The van der Waals surface area contributed by atoms with Crippen molar-refractivity contribution >= 4 is 5.97 Å². The SMILES string of the molecule is O=C(CC1CCCC1)OCC=CCCO. The molecule has 0 aromatic heterocycles. The number of aliphatic hydroxyl groups excluding tert-OH is 1. The summed E-state index contributed by atoms with van der Waals surface area (Å²) in [6, 6.07) is 0. The Bertz CT molecular complexity index is 205. The standard InChI is InChI=1S/C12H20O3/c13-8-4-1-5-9-15-12(14)10-11-6-2-3-7-11/h1,5,11,13H,2-4,6-10H2. The van der Waals surface area contributed by atoms with Gasteiger partial charge in [-0.15, -0.1) is 0 Å². The average molecular weight is 212 g/mol. The third kappa shape index (κ3) is 5.57. The van der Waals surface area contributed by atoms with E-state index in [0.717, 1.165) is 0 Å². The average Bonchev–Trinajstić information content (AvgIpc) is 2.70. The molecule has 0 aromatic carbocycles. The van der Waals surface area contributed by atoms with Gasteiger partial charge in [-0.2, -0.15) is 0 Å². The molecule has 0 radical (unpaired) electrons. The van der Waals surface area contributed by atoms with E-state index in [2.05, 4.69) is 0 Å². The minimum atomic E-state index is -0.0875. The summed E-state index contributed by atoms with van der Waals surface area (Å²) in [7, 11) is 0. The summed E-state index contributed by atoms with van der Waals surface area (Å²) >= 11 is 0. The molecule has 3 heteroatoms. The Labute approximate surface area is 91.1 Å². The van der Waals surface area contributed by atoms with Crippen LogP contribution in [-0.2, 0) is 9.53 Å². The topological polar surface area (TPSA) is 46.5 Å². The van der Waals surface area contributed by atoms with Gasteiger partial charge in [0, 0.05) is 13.0 Å². The van der Waals surface area contributed by atoms with Crippen molar-refractivity contribution < 1.29 is 14.6 Å². The molecule has 0 amide bonds. The van der Waals surface area contributed by atoms with Crippen molar-refractivity contribution in [3.8, 4) is 0 Å². The minimum Gasteiger partial charge on any atom is -0.461 e. The van der Waals surface area contributed by atoms with E-state index in [1.807, 2.05) is 6.08 Å². The molecule has 86 valence electrons. The second-order valence-corrected chi connectivity index (χ2v) is 4.02. The Morgan fingerprint density at radius 1 is 1.33 bits per heavy atom. The minimum absolute atomic E-state index is 0.0875. The fraction of sp³-hybridized carbons (Fsp3) is 0.750. The lowest BCUT2D eigenvalue weighted by Gasteiger charge is -2.07. The highest BCUT2D eigenvalue weighted by Crippen LogP contribution is 2.27. The van der Waals surface area contributed by atoms with Crippen molar-refractivity contribution in [1.82, 2.24) is 0 Å². The quantitative estimate of drug-likeness (QED) is 0.541. The molecule has 1 rings (SSSR count). The van der Waals surface area contributed by atoms with Gasteiger partial charge in [-0.1, -0.05) is 25.0 Å². The van der Waals surface area contributed by atoms with Crippen molar-refractivity contribution in [2.45, 2.75) is 38.5 Å². The number of carbonyl (C=O) groups excluding carboxylic acids is 1. The van der Waals surface area contributed by atoms with E-state index in [0.29, 0.717) is 25.4 Å². The fourth-order valence-electron chi connectivity index (χ4n) is 1.91. The lowest BCUT2D eigenvalue weighted by Crippen LogP contribution is -2.09. The van der Waals surface area contributed by atoms with Crippen LogP contribution in [0.15, 0.2) is 12.2 Å². The fourth-order valence-corrected chi connectivity index (χ4v) is 1.91. The summed E-state index contributed by atoms with van der Waals surface area (Å²) < 4.78 is 5.04. The highest BCUT2D eigenvalue weighted by molar-refractivity contribution is 5.69. The van der Waals surface area contributed by atoms with Gasteiger partial charge in [0.1, 0.15) is 6.61 Å². The molecular formula is C12H20O3. The maximum Gasteiger partial charge on any atom is 0.306 e. The summed E-state index contributed by atoms with van der Waals surface area (Å²) in [4.78, 5) is 11.3. The number of aliphatic hydroxyl groups is 1. The van der Waals surface area contributed by atoms with E-state index in [-0.39, 0.29) is 12.6 Å². The molecule has 1 aliphatic carbocycles. The number of hydrogen-bond acceptors (Lipinski definition) is 3. The highest BCUT2D eigenvalue weighted by atomic mass is 16.5. The highest BCUT2D eigenvalue weighted by Gasteiger charge is 2.18. The second kappa shape index (κ2) is 7.46. The third-order valence-corrected chi connectivity index (χ3v) is 2.73. The van der Waals surface area contributed by atoms with Gasteiger partial charge in [0.25, 0.3) is 0 Å². The van der Waals surface area contributed by atoms with Crippen LogP contribution in [0.1, 0.15) is 38.5 Å². The maximum absolute atomic E-state index is 11.3. The van der Waals surface area contributed by atoms with E-state index < -0.39 is 0 Å². The summed E-state index contributed by atoms with van der Waals surface area (Å²) in [5.74, 6) is 0.467. The van der Waals surface area contributed by atoms with Gasteiger partial charge in [0.15, 0.2) is 0 Å². The molecule has 1 N–H and O–H groups in total. The van der Waals surface area contributed by atoms with Crippen molar-refractivity contribution in [2.24, 2.45) is 5.92 Å². The van der Waals surface area contributed by atoms with E-state index in [4.69, 9.17) is 9.84 Å². The van der Waals surface area contributed by atoms with Gasteiger partial charge in [-0.05, 0) is 25.2 Å². The number of rotatable bonds is 6. The largest absolute Gasteiger partial charge is 0.461 e. The van der Waals surface area contributed by atoms with Crippen LogP contribution < -0.4 is 0 Å². The van der Waals surface area contributed by atoms with E-state index in [1.54, 1.807) is 6.08 Å². The van der Waals surface area contributed by atoms with Crippen molar-refractivity contribution in [3.05, 3.63) is 12.2 Å². The van der Waals surface area contributed by atoms with E-state index in [1.165, 1.54) is 25.7 Å². The predicted octanol–water partition coefficient (Wildman–Crippen LogP) is 2.05. The van der Waals surface area contributed by atoms with Gasteiger partial charge >= 0.3 is 5.97 Å². The summed E-state index contributed by atoms with van der Waals surface area (Å²) in [6.45, 7) is 0.484. The second-order valence-electron chi connectivity index (χ2n) is 4.02. The van der Waals surface area contributed by atoms with Crippen molar-refractivity contribution in [1.29, 1.82) is 0 Å². The van der Waals surface area contributed by atoms with Crippen molar-refractivity contribution in [3.63, 3.8) is 0 Å². The molecule has 0 bridgehead atoms. The first-order valence-electron chi connectivity index (χ1n) is 5.74. The summed E-state index contributed by atoms with van der Waals surface area (Å²) in [5.41, 5.74) is 0. The first-order chi connectivity index (χ1) is 7.33. The van der Waals surface area contributed by atoms with E-state index >= 15 is 0 Å². The molecule has 1 aliphatic rings. The number of carbonyl (C=O) groups is 1. The zero-order valence-electron chi connectivity index (χ0n) is 9.15. The van der Waals surface area contributed by atoms with Crippen LogP contribution in [0.3, 0.4) is 0 Å². The molecule has 0 aromatic rings. The molecular weight excluding hydrogens is 192 g/mol. The normalized spacial score (nSPS) is 17.4. The molecule has 0 unspecified atom stereocenters. The number of hydrogen-bond donors (Lipinski definition) is 1. The van der Waals surface area contributed by atoms with Crippen LogP contribution in [0.2, 0.25) is 0 Å². The van der Waals surface area contributed by atoms with Gasteiger partial charge < -0.3 is 9.84 Å². The zero-order valence-corrected chi connectivity index (χ0v) is 9.15. The van der Waals surface area contributed by atoms with Crippen LogP contribution >= 0.6 is 0 Å². The number of ether oxygens (including phenoxy) is 1. The molecule has 0 spiro atoms. The molecule has 0 heterocycles. The zero-order chi connectivity index (χ0) is 10.9. The molecule has 0 aliphatic heterocycles. The smallest absolute Gasteiger partial charge is 0.306 e. The molecule has 1 saturated carbocycles. The number of esters is 1. The Morgan fingerprint density at radius 2 is 2.07 bits per heavy atom. The first kappa shape index (κ1) is 12.2. The van der Waals surface area contributed by atoms with Crippen LogP contribution in [0.4, 0.5) is 0 Å². The van der Waals surface area contributed by atoms with Gasteiger partial charge in [0.05, 0.1) is 0 Å². The Kier molecular flexibility index (Phi) is 6.09. The van der Waals surface area contributed by atoms with Crippen LogP contribution in [0.5, 0.6) is 0 Å². The maximum atomic E-state index is 11.3. The molecule has 0 saturated heterocycles. The third-order valence-electron chi connectivity index (χ3n) is 2.73. The van der Waals surface area contributed by atoms with Gasteiger partial charge in [0.2, 0.25) is 0 Å². The summed E-state index contributed by atoms with van der Waals surface area (Å²) in [5, 5.41) is 8.51. The van der Waals surface area contributed by atoms with Crippen LogP contribution in [0.25, 0.3) is 0 Å². The van der Waals surface area contributed by atoms with Crippen LogP contribution in [-0.4, -0.2) is 24.3 Å². The van der Waals surface area contributed by atoms with E-state index in [9.17, 15) is 4.79 Å². The molecule has 1 fully saturated rings. The molecule has 15 heavy (non-hydrogen) atoms. The molecule has 0 atom stereocenters. The lowest BCUT2D eigenvalue weighted by molar-refractivity contribution is -0.143. The van der Waals surface area contributed by atoms with Crippen LogP contribution in [0, 0.1) is 5.92 Å². The summed E-state index contributed by atoms with van der Waals surface area (Å²) in [6.07, 6.45) is 9.67. The monoisotopic (exact) mass is 212 g/mol.